The van der Waals surface area contributed by atoms with Gasteiger partial charge in [0, 0.05) is 12.8 Å². The summed E-state index contributed by atoms with van der Waals surface area (Å²) in [5.41, 5.74) is 0. The van der Waals surface area contributed by atoms with Crippen LogP contribution in [-0.2, 0) is 32.7 Å². The molecule has 0 spiro atoms. The molecular weight excluding hydrogens is 767 g/mol. The lowest BCUT2D eigenvalue weighted by Gasteiger charge is -2.20. The van der Waals surface area contributed by atoms with Crippen molar-refractivity contribution in [2.45, 2.75) is 154 Å². The van der Waals surface area contributed by atoms with E-state index in [0.717, 1.165) is 103 Å². The molecule has 334 valence electrons. The fraction of sp³-hybridized carbons (Fsp3) is 0.583. The minimum absolute atomic E-state index is 0.132. The van der Waals surface area contributed by atoms with E-state index in [9.17, 15) is 24.2 Å². The van der Waals surface area contributed by atoms with Gasteiger partial charge in [-0.3, -0.25) is 18.6 Å². The van der Waals surface area contributed by atoms with E-state index in [2.05, 4.69) is 128 Å². The molecule has 0 bridgehead atoms. The number of phosphoric ester groups is 1. The number of phosphoric acid groups is 1. The molecule has 59 heavy (non-hydrogen) atoms. The Hall–Kier alpha value is -3.37. The second kappa shape index (κ2) is 42.7. The van der Waals surface area contributed by atoms with E-state index in [0.29, 0.717) is 12.8 Å². The number of carbonyl (C=O) groups excluding carboxylic acids is 2. The second-order valence-electron chi connectivity index (χ2n) is 14.0. The maximum atomic E-state index is 12.6. The Morgan fingerprint density at radius 3 is 1.32 bits per heavy atom. The largest absolute Gasteiger partial charge is 0.472 e. The quantitative estimate of drug-likeness (QED) is 0.0236. The molecule has 3 atom stereocenters. The highest BCUT2D eigenvalue weighted by molar-refractivity contribution is 7.47. The summed E-state index contributed by atoms with van der Waals surface area (Å²) in [6.07, 6.45) is 53.4. The topological polar surface area (TPSA) is 149 Å². The van der Waals surface area contributed by atoms with Crippen molar-refractivity contribution >= 4 is 19.8 Å². The smallest absolute Gasteiger partial charge is 0.462 e. The van der Waals surface area contributed by atoms with E-state index < -0.39 is 51.8 Å². The van der Waals surface area contributed by atoms with Gasteiger partial charge in [-0.25, -0.2) is 4.57 Å². The zero-order valence-electron chi connectivity index (χ0n) is 36.2. The van der Waals surface area contributed by atoms with Crippen molar-refractivity contribution in [2.24, 2.45) is 0 Å². The average Bonchev–Trinajstić information content (AvgIpc) is 3.22. The van der Waals surface area contributed by atoms with E-state index in [-0.39, 0.29) is 19.4 Å². The van der Waals surface area contributed by atoms with Gasteiger partial charge in [0.25, 0.3) is 0 Å². The predicted molar refractivity (Wildman–Crippen MR) is 242 cm³/mol. The standard InChI is InChI=1S/C48H77O10P/c1-3-5-7-9-11-13-15-17-19-21-22-24-26-28-30-32-34-36-38-40-48(52)58-46(44-57-59(53,54)56-42-45(50)41-49)43-55-47(51)39-37-35-33-31-29-27-25-23-20-18-16-14-12-10-8-6-4-2/h5-8,11-14,17-20,22,24-25,27-28,30,45-46,49-50H,3-4,9-10,15-16,21,23,26,29,31-44H2,1-2H3,(H,53,54). The Morgan fingerprint density at radius 1 is 0.508 bits per heavy atom. The molecule has 0 aliphatic heterocycles. The summed E-state index contributed by atoms with van der Waals surface area (Å²) in [6.45, 7) is 2.06. The highest BCUT2D eigenvalue weighted by atomic mass is 31.2. The van der Waals surface area contributed by atoms with Crippen LogP contribution >= 0.6 is 7.82 Å². The molecule has 0 aromatic carbocycles. The number of aliphatic hydroxyl groups is 2. The third kappa shape index (κ3) is 42.6. The molecule has 10 nitrogen and oxygen atoms in total. The number of rotatable bonds is 39. The summed E-state index contributed by atoms with van der Waals surface area (Å²) in [4.78, 5) is 35.0. The highest BCUT2D eigenvalue weighted by Crippen LogP contribution is 2.43. The lowest BCUT2D eigenvalue weighted by atomic mass is 10.1. The summed E-state index contributed by atoms with van der Waals surface area (Å²) >= 11 is 0. The van der Waals surface area contributed by atoms with Gasteiger partial charge in [-0.2, -0.15) is 0 Å². The van der Waals surface area contributed by atoms with E-state index in [4.69, 9.17) is 19.1 Å². The van der Waals surface area contributed by atoms with Crippen molar-refractivity contribution in [3.63, 3.8) is 0 Å². The maximum Gasteiger partial charge on any atom is 0.472 e. The minimum atomic E-state index is -4.64. The van der Waals surface area contributed by atoms with Crippen LogP contribution in [0.5, 0.6) is 0 Å². The average molecular weight is 845 g/mol. The summed E-state index contributed by atoms with van der Waals surface area (Å²) in [5.74, 6) is -1.00. The van der Waals surface area contributed by atoms with Crippen LogP contribution in [0.25, 0.3) is 0 Å². The number of hydrogen-bond donors (Lipinski definition) is 3. The first-order valence-electron chi connectivity index (χ1n) is 21.8. The second-order valence-corrected chi connectivity index (χ2v) is 15.4. The highest BCUT2D eigenvalue weighted by Gasteiger charge is 2.27. The SMILES string of the molecule is CCC=CCC=CCC=CCC=CCC=CCCCCCC(=O)OC(COC(=O)CCCCCCC=CCC=CCC=CCC=CCC)COP(=O)(O)OCC(O)CO. The van der Waals surface area contributed by atoms with Crippen molar-refractivity contribution in [2.75, 3.05) is 26.4 Å². The molecular formula is C48H77O10P. The van der Waals surface area contributed by atoms with Gasteiger partial charge >= 0.3 is 19.8 Å². The van der Waals surface area contributed by atoms with Crippen LogP contribution in [0.4, 0.5) is 0 Å². The zero-order chi connectivity index (χ0) is 43.3. The molecule has 0 radical (unpaired) electrons. The van der Waals surface area contributed by atoms with Crippen LogP contribution in [0.2, 0.25) is 0 Å². The molecule has 0 heterocycles. The van der Waals surface area contributed by atoms with Crippen molar-refractivity contribution in [3.8, 4) is 0 Å². The summed E-state index contributed by atoms with van der Waals surface area (Å²) in [6, 6.07) is 0. The number of carbonyl (C=O) groups is 2. The van der Waals surface area contributed by atoms with Crippen molar-refractivity contribution < 1.29 is 47.8 Å². The third-order valence-corrected chi connectivity index (χ3v) is 9.37. The molecule has 0 aliphatic rings. The van der Waals surface area contributed by atoms with E-state index >= 15 is 0 Å². The van der Waals surface area contributed by atoms with Gasteiger partial charge in [0.2, 0.25) is 0 Å². The zero-order valence-corrected chi connectivity index (χ0v) is 37.1. The molecule has 3 unspecified atom stereocenters. The number of unbranched alkanes of at least 4 members (excludes halogenated alkanes) is 7. The van der Waals surface area contributed by atoms with E-state index in [1.54, 1.807) is 0 Å². The molecule has 3 N–H and O–H groups in total. The van der Waals surface area contributed by atoms with Crippen LogP contribution < -0.4 is 0 Å². The van der Waals surface area contributed by atoms with Gasteiger partial charge < -0.3 is 24.6 Å². The Balaban J connectivity index is 4.43. The normalized spacial score (nSPS) is 14.9. The Morgan fingerprint density at radius 2 is 0.881 bits per heavy atom. The molecule has 0 aromatic rings. The number of hydrogen-bond acceptors (Lipinski definition) is 9. The number of ether oxygens (including phenoxy) is 2. The van der Waals surface area contributed by atoms with Gasteiger partial charge in [0.1, 0.15) is 12.7 Å². The first-order valence-corrected chi connectivity index (χ1v) is 23.3. The van der Waals surface area contributed by atoms with Crippen molar-refractivity contribution in [1.29, 1.82) is 0 Å². The Kier molecular flexibility index (Phi) is 40.3. The van der Waals surface area contributed by atoms with Crippen molar-refractivity contribution in [1.82, 2.24) is 0 Å². The van der Waals surface area contributed by atoms with Crippen molar-refractivity contribution in [3.05, 3.63) is 109 Å². The van der Waals surface area contributed by atoms with Gasteiger partial charge in [-0.1, -0.05) is 142 Å². The number of esters is 2. The van der Waals surface area contributed by atoms with Crippen LogP contribution in [-0.4, -0.2) is 65.7 Å². The maximum absolute atomic E-state index is 12.6. The van der Waals surface area contributed by atoms with Gasteiger partial charge in [0.05, 0.1) is 19.8 Å². The molecule has 0 fully saturated rings. The Labute approximate surface area is 356 Å². The number of allylic oxidation sites excluding steroid dienone is 18. The van der Waals surface area contributed by atoms with Gasteiger partial charge in [0.15, 0.2) is 6.10 Å². The number of aliphatic hydroxyl groups excluding tert-OH is 2. The predicted octanol–water partition coefficient (Wildman–Crippen LogP) is 11.8. The summed E-state index contributed by atoms with van der Waals surface area (Å²) < 4.78 is 32.7. The Bertz CT molecular complexity index is 1340. The lowest BCUT2D eigenvalue weighted by molar-refractivity contribution is -0.161. The molecule has 0 rings (SSSR count). The van der Waals surface area contributed by atoms with Crippen LogP contribution in [0.15, 0.2) is 109 Å². The van der Waals surface area contributed by atoms with Gasteiger partial charge in [-0.05, 0) is 96.3 Å². The summed E-state index contributed by atoms with van der Waals surface area (Å²) in [7, 11) is -4.64. The molecule has 0 aromatic heterocycles. The van der Waals surface area contributed by atoms with E-state index in [1.807, 2.05) is 0 Å². The monoisotopic (exact) mass is 845 g/mol. The van der Waals surface area contributed by atoms with Gasteiger partial charge in [-0.15, -0.1) is 0 Å². The first-order chi connectivity index (χ1) is 28.7. The molecule has 0 saturated heterocycles. The fourth-order valence-electron chi connectivity index (χ4n) is 5.13. The molecule has 0 saturated carbocycles. The molecule has 11 heteroatoms. The fourth-order valence-corrected chi connectivity index (χ4v) is 5.92. The molecule has 0 amide bonds. The lowest BCUT2D eigenvalue weighted by Crippen LogP contribution is -2.29. The third-order valence-electron chi connectivity index (χ3n) is 8.42. The van der Waals surface area contributed by atoms with Crippen LogP contribution in [0.1, 0.15) is 142 Å². The van der Waals surface area contributed by atoms with Crippen LogP contribution in [0.3, 0.4) is 0 Å². The summed E-state index contributed by atoms with van der Waals surface area (Å²) in [5, 5.41) is 18.3. The molecule has 0 aliphatic carbocycles. The minimum Gasteiger partial charge on any atom is -0.462 e. The van der Waals surface area contributed by atoms with E-state index in [1.165, 1.54) is 0 Å². The first kappa shape index (κ1) is 55.6. The van der Waals surface area contributed by atoms with Crippen LogP contribution in [0, 0.1) is 0 Å².